The lowest BCUT2D eigenvalue weighted by atomic mass is 10.3. The normalized spacial score (nSPS) is 10.8. The number of hydrogen-bond donors (Lipinski definition) is 1. The molecule has 94 valence electrons. The van der Waals surface area contributed by atoms with Crippen LogP contribution in [0.1, 0.15) is 10.5 Å². The molecule has 0 unspecified atom stereocenters. The Labute approximate surface area is 112 Å². The zero-order valence-electron chi connectivity index (χ0n) is 9.49. The zero-order valence-corrected chi connectivity index (χ0v) is 10.2. The number of benzene rings is 1. The Morgan fingerprint density at radius 2 is 1.84 bits per heavy atom. The first-order chi connectivity index (χ1) is 9.15. The van der Waals surface area contributed by atoms with Crippen molar-refractivity contribution in [2.75, 3.05) is 0 Å². The Balaban J connectivity index is 2.18. The van der Waals surface area contributed by atoms with Crippen LogP contribution in [0.5, 0.6) is 0 Å². The summed E-state index contributed by atoms with van der Waals surface area (Å²) in [6.45, 7) is 0. The molecule has 2 heterocycles. The van der Waals surface area contributed by atoms with Crippen molar-refractivity contribution >= 4 is 28.6 Å². The van der Waals surface area contributed by atoms with Gasteiger partial charge in [0.2, 0.25) is 0 Å². The van der Waals surface area contributed by atoms with E-state index in [0.29, 0.717) is 16.9 Å². The maximum Gasteiger partial charge on any atom is 0.356 e. The van der Waals surface area contributed by atoms with Gasteiger partial charge in [0.15, 0.2) is 16.7 Å². The number of hydrogen-bond acceptors (Lipinski definition) is 4. The molecule has 0 spiro atoms. The van der Waals surface area contributed by atoms with Gasteiger partial charge in [-0.2, -0.15) is 5.10 Å². The standard InChI is InChI=1S/C12H7ClN4O2/c13-10-11(17-6-5-9(16-17)12(18)19)15-8-4-2-1-3-7(8)14-10/h1-6H,(H,18,19). The fraction of sp³-hybridized carbons (Fsp3) is 0. The van der Waals surface area contributed by atoms with Crippen LogP contribution in [-0.4, -0.2) is 30.8 Å². The third kappa shape index (κ3) is 2.02. The highest BCUT2D eigenvalue weighted by Gasteiger charge is 2.12. The number of nitrogens with zero attached hydrogens (tertiary/aromatic N) is 4. The van der Waals surface area contributed by atoms with Crippen molar-refractivity contribution in [3.63, 3.8) is 0 Å². The Kier molecular flexibility index (Phi) is 2.64. The molecule has 0 fully saturated rings. The summed E-state index contributed by atoms with van der Waals surface area (Å²) in [6, 6.07) is 8.63. The summed E-state index contributed by atoms with van der Waals surface area (Å²) in [6.07, 6.45) is 1.48. The Morgan fingerprint density at radius 1 is 1.16 bits per heavy atom. The van der Waals surface area contributed by atoms with Crippen LogP contribution in [0.25, 0.3) is 16.9 Å². The molecular formula is C12H7ClN4O2. The molecule has 0 saturated carbocycles. The van der Waals surface area contributed by atoms with Crippen LogP contribution in [0, 0.1) is 0 Å². The summed E-state index contributed by atoms with van der Waals surface area (Å²) in [4.78, 5) is 19.3. The molecule has 3 aromatic rings. The minimum Gasteiger partial charge on any atom is -0.476 e. The Morgan fingerprint density at radius 3 is 2.47 bits per heavy atom. The molecule has 3 rings (SSSR count). The van der Waals surface area contributed by atoms with Gasteiger partial charge in [-0.15, -0.1) is 0 Å². The highest BCUT2D eigenvalue weighted by atomic mass is 35.5. The number of aromatic nitrogens is 4. The second-order valence-electron chi connectivity index (χ2n) is 3.78. The SMILES string of the molecule is O=C(O)c1ccn(-c2nc3ccccc3nc2Cl)n1. The Hall–Kier alpha value is -2.47. The van der Waals surface area contributed by atoms with Crippen molar-refractivity contribution in [3.8, 4) is 5.82 Å². The van der Waals surface area contributed by atoms with Crippen LogP contribution in [0.3, 0.4) is 0 Å². The van der Waals surface area contributed by atoms with E-state index in [2.05, 4.69) is 15.1 Å². The molecular weight excluding hydrogens is 268 g/mol. The lowest BCUT2D eigenvalue weighted by Gasteiger charge is -2.04. The molecule has 0 bridgehead atoms. The predicted molar refractivity (Wildman–Crippen MR) is 68.6 cm³/mol. The summed E-state index contributed by atoms with van der Waals surface area (Å²) >= 11 is 6.04. The summed E-state index contributed by atoms with van der Waals surface area (Å²) in [7, 11) is 0. The summed E-state index contributed by atoms with van der Waals surface area (Å²) < 4.78 is 1.30. The van der Waals surface area contributed by atoms with Crippen LogP contribution < -0.4 is 0 Å². The molecule has 19 heavy (non-hydrogen) atoms. The quantitative estimate of drug-likeness (QED) is 0.774. The van der Waals surface area contributed by atoms with Crippen molar-refractivity contribution < 1.29 is 9.90 Å². The molecule has 1 N–H and O–H groups in total. The summed E-state index contributed by atoms with van der Waals surface area (Å²) in [5.74, 6) is -0.809. The average Bonchev–Trinajstić information content (AvgIpc) is 2.87. The number of aromatic carboxylic acids is 1. The largest absolute Gasteiger partial charge is 0.476 e. The minimum atomic E-state index is -1.11. The number of rotatable bonds is 2. The van der Waals surface area contributed by atoms with Gasteiger partial charge in [0.05, 0.1) is 11.0 Å². The van der Waals surface area contributed by atoms with E-state index in [0.717, 1.165) is 0 Å². The van der Waals surface area contributed by atoms with E-state index >= 15 is 0 Å². The third-order valence-corrected chi connectivity index (χ3v) is 2.79. The Bertz CT molecular complexity index is 784. The third-order valence-electron chi connectivity index (χ3n) is 2.54. The number of carboxylic acid groups (broad SMARTS) is 1. The van der Waals surface area contributed by atoms with E-state index in [4.69, 9.17) is 16.7 Å². The fourth-order valence-electron chi connectivity index (χ4n) is 1.67. The smallest absolute Gasteiger partial charge is 0.356 e. The maximum absolute atomic E-state index is 10.8. The van der Waals surface area contributed by atoms with Gasteiger partial charge >= 0.3 is 5.97 Å². The molecule has 0 radical (unpaired) electrons. The predicted octanol–water partition coefficient (Wildman–Crippen LogP) is 2.17. The molecule has 2 aromatic heterocycles. The zero-order chi connectivity index (χ0) is 13.4. The molecule has 0 aliphatic rings. The van der Waals surface area contributed by atoms with E-state index in [1.807, 2.05) is 12.1 Å². The van der Waals surface area contributed by atoms with Gasteiger partial charge < -0.3 is 5.11 Å². The lowest BCUT2D eigenvalue weighted by Crippen LogP contribution is -2.04. The van der Waals surface area contributed by atoms with E-state index < -0.39 is 5.97 Å². The highest BCUT2D eigenvalue weighted by Crippen LogP contribution is 2.19. The molecule has 6 nitrogen and oxygen atoms in total. The van der Waals surface area contributed by atoms with Gasteiger partial charge in [0, 0.05) is 6.20 Å². The van der Waals surface area contributed by atoms with Gasteiger partial charge in [0.1, 0.15) is 0 Å². The fourth-order valence-corrected chi connectivity index (χ4v) is 1.89. The summed E-state index contributed by atoms with van der Waals surface area (Å²) in [5, 5.41) is 12.9. The van der Waals surface area contributed by atoms with Crippen molar-refractivity contribution in [3.05, 3.63) is 47.4 Å². The highest BCUT2D eigenvalue weighted by molar-refractivity contribution is 6.31. The van der Waals surface area contributed by atoms with E-state index in [-0.39, 0.29) is 10.8 Å². The molecule has 0 amide bonds. The first-order valence-electron chi connectivity index (χ1n) is 5.37. The summed E-state index contributed by atoms with van der Waals surface area (Å²) in [5.41, 5.74) is 1.25. The van der Waals surface area contributed by atoms with Crippen molar-refractivity contribution in [2.24, 2.45) is 0 Å². The molecule has 7 heteroatoms. The maximum atomic E-state index is 10.8. The molecule has 1 aromatic carbocycles. The van der Waals surface area contributed by atoms with Crippen molar-refractivity contribution in [1.82, 2.24) is 19.7 Å². The van der Waals surface area contributed by atoms with Crippen LogP contribution in [0.2, 0.25) is 5.15 Å². The average molecular weight is 275 g/mol. The van der Waals surface area contributed by atoms with Crippen LogP contribution in [0.4, 0.5) is 0 Å². The van der Waals surface area contributed by atoms with Gasteiger partial charge in [-0.25, -0.2) is 19.4 Å². The monoisotopic (exact) mass is 274 g/mol. The van der Waals surface area contributed by atoms with E-state index in [1.165, 1.54) is 16.9 Å². The van der Waals surface area contributed by atoms with Crippen LogP contribution in [0.15, 0.2) is 36.5 Å². The number of para-hydroxylation sites is 2. The molecule has 0 saturated heterocycles. The molecule has 0 atom stereocenters. The molecule has 0 aliphatic heterocycles. The number of carbonyl (C=O) groups is 1. The second kappa shape index (κ2) is 4.33. The first kappa shape index (κ1) is 11.6. The van der Waals surface area contributed by atoms with Gasteiger partial charge in [-0.05, 0) is 18.2 Å². The molecule has 0 aliphatic carbocycles. The lowest BCUT2D eigenvalue weighted by molar-refractivity contribution is 0.0690. The van der Waals surface area contributed by atoms with Gasteiger partial charge in [-0.1, -0.05) is 23.7 Å². The topological polar surface area (TPSA) is 80.9 Å². The van der Waals surface area contributed by atoms with Gasteiger partial charge in [-0.3, -0.25) is 0 Å². The van der Waals surface area contributed by atoms with Crippen molar-refractivity contribution in [1.29, 1.82) is 0 Å². The number of carboxylic acids is 1. The number of fused-ring (bicyclic) bond motifs is 1. The van der Waals surface area contributed by atoms with E-state index in [1.54, 1.807) is 12.1 Å². The number of halogens is 1. The minimum absolute atomic E-state index is 0.0778. The van der Waals surface area contributed by atoms with Crippen LogP contribution in [-0.2, 0) is 0 Å². The van der Waals surface area contributed by atoms with E-state index in [9.17, 15) is 4.79 Å². The first-order valence-corrected chi connectivity index (χ1v) is 5.74. The second-order valence-corrected chi connectivity index (χ2v) is 4.14. The van der Waals surface area contributed by atoms with Crippen molar-refractivity contribution in [2.45, 2.75) is 0 Å². The van der Waals surface area contributed by atoms with Crippen LogP contribution >= 0.6 is 11.6 Å². The van der Waals surface area contributed by atoms with Gasteiger partial charge in [0.25, 0.3) is 0 Å².